The van der Waals surface area contributed by atoms with Crippen molar-refractivity contribution in [3.63, 3.8) is 0 Å². The molecule has 0 fully saturated rings. The number of hydrogen-bond acceptors (Lipinski definition) is 4. The third kappa shape index (κ3) is 5.68. The summed E-state index contributed by atoms with van der Waals surface area (Å²) in [7, 11) is 0. The van der Waals surface area contributed by atoms with Crippen LogP contribution in [0.15, 0.2) is 66.1 Å². The zero-order valence-electron chi connectivity index (χ0n) is 15.2. The fourth-order valence-corrected chi connectivity index (χ4v) is 3.27. The third-order valence-electron chi connectivity index (χ3n) is 3.76. The number of thioether (sulfide) groups is 1. The lowest BCUT2D eigenvalue weighted by molar-refractivity contribution is -0.114. The Hall–Kier alpha value is -3.13. The van der Waals surface area contributed by atoms with Crippen LogP contribution in [0.3, 0.4) is 0 Å². The number of halogens is 1. The maximum absolute atomic E-state index is 13.0. The molecular weight excluding hydrogens is 379 g/mol. The second kappa shape index (κ2) is 9.18. The first-order valence-electron chi connectivity index (χ1n) is 8.55. The molecule has 0 aliphatic heterocycles. The first-order chi connectivity index (χ1) is 13.5. The van der Waals surface area contributed by atoms with Crippen LogP contribution in [-0.4, -0.2) is 27.1 Å². The number of rotatable bonds is 7. The summed E-state index contributed by atoms with van der Waals surface area (Å²) in [5.74, 6) is -0.378. The van der Waals surface area contributed by atoms with Gasteiger partial charge in [-0.1, -0.05) is 23.9 Å². The van der Waals surface area contributed by atoms with E-state index in [-0.39, 0.29) is 23.4 Å². The molecule has 0 spiro atoms. The van der Waals surface area contributed by atoms with Gasteiger partial charge in [0.2, 0.25) is 11.8 Å². The van der Waals surface area contributed by atoms with Crippen LogP contribution in [0.5, 0.6) is 0 Å². The molecular formula is C20H19FN4O2S. The minimum atomic E-state index is -0.272. The van der Waals surface area contributed by atoms with Crippen LogP contribution in [0.25, 0.3) is 0 Å². The number of nitrogens with zero attached hydrogens (tertiary/aromatic N) is 2. The fourth-order valence-electron chi connectivity index (χ4n) is 2.51. The van der Waals surface area contributed by atoms with Crippen LogP contribution in [-0.2, 0) is 16.1 Å². The summed E-state index contributed by atoms with van der Waals surface area (Å²) in [5.41, 5.74) is 2.27. The van der Waals surface area contributed by atoms with E-state index in [2.05, 4.69) is 15.6 Å². The van der Waals surface area contributed by atoms with Crippen LogP contribution < -0.4 is 10.6 Å². The molecule has 0 radical (unpaired) electrons. The smallest absolute Gasteiger partial charge is 0.234 e. The van der Waals surface area contributed by atoms with Crippen molar-refractivity contribution in [2.45, 2.75) is 18.6 Å². The quantitative estimate of drug-likeness (QED) is 0.594. The average molecular weight is 398 g/mol. The predicted molar refractivity (Wildman–Crippen MR) is 108 cm³/mol. The Kier molecular flexibility index (Phi) is 6.44. The van der Waals surface area contributed by atoms with E-state index >= 15 is 0 Å². The van der Waals surface area contributed by atoms with Crippen molar-refractivity contribution in [2.75, 3.05) is 16.4 Å². The third-order valence-corrected chi connectivity index (χ3v) is 4.77. The molecule has 1 heterocycles. The number of carbonyl (C=O) groups is 2. The Balaban J connectivity index is 1.53. The maximum Gasteiger partial charge on any atom is 0.234 e. The van der Waals surface area contributed by atoms with Gasteiger partial charge in [-0.15, -0.1) is 0 Å². The van der Waals surface area contributed by atoms with Crippen molar-refractivity contribution < 1.29 is 14.0 Å². The highest BCUT2D eigenvalue weighted by atomic mass is 32.2. The van der Waals surface area contributed by atoms with Crippen molar-refractivity contribution in [1.29, 1.82) is 0 Å². The van der Waals surface area contributed by atoms with Crippen molar-refractivity contribution in [3.8, 4) is 0 Å². The van der Waals surface area contributed by atoms with Crippen LogP contribution in [0.1, 0.15) is 12.5 Å². The summed E-state index contributed by atoms with van der Waals surface area (Å²) in [6, 6.07) is 13.2. The van der Waals surface area contributed by atoms with E-state index in [9.17, 15) is 14.0 Å². The Morgan fingerprint density at radius 2 is 1.68 bits per heavy atom. The summed E-state index contributed by atoms with van der Waals surface area (Å²) < 4.78 is 14.9. The van der Waals surface area contributed by atoms with Gasteiger partial charge in [-0.25, -0.2) is 9.37 Å². The minimum absolute atomic E-state index is 0.149. The molecule has 6 nitrogen and oxygen atoms in total. The van der Waals surface area contributed by atoms with Gasteiger partial charge in [0.1, 0.15) is 5.82 Å². The van der Waals surface area contributed by atoms with Crippen LogP contribution >= 0.6 is 11.8 Å². The average Bonchev–Trinajstić information content (AvgIpc) is 3.10. The SMILES string of the molecule is CC(=O)Nc1ccc(NC(=O)CSc2nccn2Cc2ccc(F)cc2)cc1. The lowest BCUT2D eigenvalue weighted by atomic mass is 10.2. The molecule has 2 N–H and O–H groups in total. The van der Waals surface area contributed by atoms with Gasteiger partial charge in [-0.05, 0) is 42.0 Å². The highest BCUT2D eigenvalue weighted by Crippen LogP contribution is 2.19. The van der Waals surface area contributed by atoms with E-state index in [0.29, 0.717) is 23.1 Å². The number of carbonyl (C=O) groups excluding carboxylic acids is 2. The molecule has 0 unspecified atom stereocenters. The Morgan fingerprint density at radius 3 is 2.32 bits per heavy atom. The standard InChI is InChI=1S/C20H19FN4O2S/c1-14(26)23-17-6-8-18(9-7-17)24-19(27)13-28-20-22-10-11-25(20)12-15-2-4-16(21)5-3-15/h2-11H,12-13H2,1H3,(H,23,26)(H,24,27). The monoisotopic (exact) mass is 398 g/mol. The molecule has 1 aromatic heterocycles. The Labute approximate surface area is 166 Å². The highest BCUT2D eigenvalue weighted by molar-refractivity contribution is 7.99. The molecule has 0 aliphatic rings. The number of imidazole rings is 1. The van der Waals surface area contributed by atoms with Gasteiger partial charge in [0.25, 0.3) is 0 Å². The number of nitrogens with one attached hydrogen (secondary N) is 2. The fraction of sp³-hybridized carbons (Fsp3) is 0.150. The molecule has 28 heavy (non-hydrogen) atoms. The van der Waals surface area contributed by atoms with Gasteiger partial charge in [0.15, 0.2) is 5.16 Å². The lowest BCUT2D eigenvalue weighted by Gasteiger charge is -2.09. The topological polar surface area (TPSA) is 76.0 Å². The molecule has 0 saturated carbocycles. The molecule has 3 aromatic rings. The van der Waals surface area contributed by atoms with E-state index < -0.39 is 0 Å². The largest absolute Gasteiger partial charge is 0.326 e. The van der Waals surface area contributed by atoms with Gasteiger partial charge in [-0.3, -0.25) is 9.59 Å². The molecule has 0 aliphatic carbocycles. The number of amides is 2. The lowest BCUT2D eigenvalue weighted by Crippen LogP contribution is -2.14. The Bertz CT molecular complexity index is 955. The number of anilines is 2. The summed E-state index contributed by atoms with van der Waals surface area (Å²) in [6.07, 6.45) is 3.49. The normalized spacial score (nSPS) is 10.5. The molecule has 8 heteroatoms. The zero-order chi connectivity index (χ0) is 19.9. The number of hydrogen-bond donors (Lipinski definition) is 2. The first-order valence-corrected chi connectivity index (χ1v) is 9.54. The first kappa shape index (κ1) is 19.6. The van der Waals surface area contributed by atoms with Crippen LogP contribution in [0.4, 0.5) is 15.8 Å². The van der Waals surface area contributed by atoms with Crippen molar-refractivity contribution in [1.82, 2.24) is 9.55 Å². The summed E-state index contributed by atoms with van der Waals surface area (Å²) in [6.45, 7) is 1.99. The van der Waals surface area contributed by atoms with Crippen LogP contribution in [0.2, 0.25) is 0 Å². The second-order valence-corrected chi connectivity index (χ2v) is 7.00. The van der Waals surface area contributed by atoms with Gasteiger partial charge >= 0.3 is 0 Å². The van der Waals surface area contributed by atoms with E-state index in [1.807, 2.05) is 10.8 Å². The van der Waals surface area contributed by atoms with Gasteiger partial charge in [0, 0.05) is 37.2 Å². The van der Waals surface area contributed by atoms with E-state index in [1.54, 1.807) is 42.6 Å². The molecule has 3 rings (SSSR count). The summed E-state index contributed by atoms with van der Waals surface area (Å²) >= 11 is 1.32. The zero-order valence-corrected chi connectivity index (χ0v) is 16.0. The predicted octanol–water partition coefficient (Wildman–Crippen LogP) is 3.76. The summed E-state index contributed by atoms with van der Waals surface area (Å²) in [4.78, 5) is 27.5. The van der Waals surface area contributed by atoms with Gasteiger partial charge in [-0.2, -0.15) is 0 Å². The molecule has 2 amide bonds. The van der Waals surface area contributed by atoms with Crippen molar-refractivity contribution in [2.24, 2.45) is 0 Å². The molecule has 0 bridgehead atoms. The number of benzene rings is 2. The molecule has 0 atom stereocenters. The minimum Gasteiger partial charge on any atom is -0.326 e. The number of aromatic nitrogens is 2. The molecule has 144 valence electrons. The second-order valence-electron chi connectivity index (χ2n) is 6.06. The van der Waals surface area contributed by atoms with Crippen LogP contribution in [0, 0.1) is 5.82 Å². The van der Waals surface area contributed by atoms with Crippen molar-refractivity contribution in [3.05, 3.63) is 72.3 Å². The maximum atomic E-state index is 13.0. The van der Waals surface area contributed by atoms with E-state index in [4.69, 9.17) is 0 Å². The van der Waals surface area contributed by atoms with Gasteiger partial charge in [0.05, 0.1) is 5.75 Å². The van der Waals surface area contributed by atoms with Gasteiger partial charge < -0.3 is 15.2 Å². The molecule has 0 saturated heterocycles. The molecule has 2 aromatic carbocycles. The van der Waals surface area contributed by atoms with E-state index in [1.165, 1.54) is 30.8 Å². The highest BCUT2D eigenvalue weighted by Gasteiger charge is 2.09. The van der Waals surface area contributed by atoms with Crippen molar-refractivity contribution >= 4 is 35.0 Å². The Morgan fingerprint density at radius 1 is 1.04 bits per heavy atom. The summed E-state index contributed by atoms with van der Waals surface area (Å²) in [5, 5.41) is 6.19. The van der Waals surface area contributed by atoms with E-state index in [0.717, 1.165) is 5.56 Å².